The number of para-hydroxylation sites is 1. The highest BCUT2D eigenvalue weighted by molar-refractivity contribution is 6.36. The van der Waals surface area contributed by atoms with Gasteiger partial charge in [0.25, 0.3) is 0 Å². The molecule has 1 atom stereocenters. The van der Waals surface area contributed by atoms with Gasteiger partial charge in [0.2, 0.25) is 5.75 Å². The quantitative estimate of drug-likeness (QED) is 0.282. The van der Waals surface area contributed by atoms with E-state index in [1.54, 1.807) is 25.6 Å². The number of aromatic nitrogens is 2. The number of nitrogens with two attached hydrogens (primary N) is 1. The van der Waals surface area contributed by atoms with Crippen LogP contribution >= 0.6 is 23.2 Å². The summed E-state index contributed by atoms with van der Waals surface area (Å²) >= 11 is 12.4. The van der Waals surface area contributed by atoms with Crippen LogP contribution in [0.25, 0.3) is 33.0 Å². The Kier molecular flexibility index (Phi) is 5.12. The smallest absolute Gasteiger partial charge is 0.205 e. The first-order valence-corrected chi connectivity index (χ1v) is 10.5. The number of furan rings is 1. The molecule has 0 amide bonds. The zero-order valence-electron chi connectivity index (χ0n) is 16.8. The van der Waals surface area contributed by atoms with E-state index in [9.17, 15) is 4.39 Å². The Morgan fingerprint density at radius 3 is 2.69 bits per heavy atom. The third-order valence-corrected chi connectivity index (χ3v) is 6.03. The second-order valence-corrected chi connectivity index (χ2v) is 8.04. The molecule has 5 nitrogen and oxygen atoms in total. The number of benzene rings is 2. The van der Waals surface area contributed by atoms with Gasteiger partial charge in [0, 0.05) is 33.9 Å². The van der Waals surface area contributed by atoms with Crippen LogP contribution in [0.2, 0.25) is 10.0 Å². The molecule has 2 N–H and O–H groups in total. The van der Waals surface area contributed by atoms with Gasteiger partial charge < -0.3 is 14.9 Å². The van der Waals surface area contributed by atoms with Gasteiger partial charge in [0.15, 0.2) is 11.4 Å². The van der Waals surface area contributed by atoms with Crippen molar-refractivity contribution in [2.45, 2.75) is 13.0 Å². The third-order valence-electron chi connectivity index (χ3n) is 5.32. The Morgan fingerprint density at radius 1 is 1.03 bits per heavy atom. The summed E-state index contributed by atoms with van der Waals surface area (Å²) in [7, 11) is 0. The summed E-state index contributed by atoms with van der Waals surface area (Å²) in [6.07, 6.45) is 4.30. The van der Waals surface area contributed by atoms with Crippen LogP contribution in [0.4, 0.5) is 10.2 Å². The van der Waals surface area contributed by atoms with Crippen molar-refractivity contribution in [3.05, 3.63) is 82.5 Å². The molecule has 1 unspecified atom stereocenters. The van der Waals surface area contributed by atoms with Crippen LogP contribution in [-0.4, -0.2) is 9.97 Å². The molecule has 8 heteroatoms. The van der Waals surface area contributed by atoms with Crippen molar-refractivity contribution in [2.75, 3.05) is 5.73 Å². The Bertz CT molecular complexity index is 1480. The highest BCUT2D eigenvalue weighted by atomic mass is 35.5. The van der Waals surface area contributed by atoms with Crippen LogP contribution < -0.4 is 10.5 Å². The fourth-order valence-corrected chi connectivity index (χ4v) is 4.46. The third kappa shape index (κ3) is 3.32. The van der Waals surface area contributed by atoms with E-state index in [4.69, 9.17) is 38.1 Å². The number of pyridine rings is 2. The van der Waals surface area contributed by atoms with Crippen molar-refractivity contribution in [2.24, 2.45) is 0 Å². The zero-order chi connectivity index (χ0) is 22.4. The molecule has 0 radical (unpaired) electrons. The second kappa shape index (κ2) is 7.97. The van der Waals surface area contributed by atoms with Crippen LogP contribution in [0.15, 0.2) is 65.5 Å². The van der Waals surface area contributed by atoms with Crippen LogP contribution in [0.5, 0.6) is 5.75 Å². The second-order valence-electron chi connectivity index (χ2n) is 7.26. The van der Waals surface area contributed by atoms with Gasteiger partial charge in [0.1, 0.15) is 11.9 Å². The molecule has 0 fully saturated rings. The van der Waals surface area contributed by atoms with E-state index >= 15 is 0 Å². The maximum Gasteiger partial charge on any atom is 0.205 e. The average molecular weight is 468 g/mol. The van der Waals surface area contributed by atoms with E-state index in [0.717, 1.165) is 22.0 Å². The number of hydrogen-bond donors (Lipinski definition) is 1. The van der Waals surface area contributed by atoms with E-state index in [0.29, 0.717) is 16.5 Å². The highest BCUT2D eigenvalue weighted by Crippen LogP contribution is 2.42. The van der Waals surface area contributed by atoms with Gasteiger partial charge in [-0.05, 0) is 36.8 Å². The molecule has 0 aliphatic rings. The van der Waals surface area contributed by atoms with Crippen molar-refractivity contribution in [3.8, 4) is 16.9 Å². The number of ether oxygens (including phenoxy) is 1. The average Bonchev–Trinajstić information content (AvgIpc) is 3.22. The molecule has 3 aromatic heterocycles. The minimum Gasteiger partial charge on any atom is -0.478 e. The monoisotopic (exact) mass is 467 g/mol. The fraction of sp³-hybridized carbons (Fsp3) is 0.0833. The molecule has 3 heterocycles. The molecule has 0 aliphatic carbocycles. The molecule has 0 spiro atoms. The summed E-state index contributed by atoms with van der Waals surface area (Å²) < 4.78 is 26.0. The fourth-order valence-electron chi connectivity index (χ4n) is 3.78. The number of anilines is 1. The molecule has 32 heavy (non-hydrogen) atoms. The van der Waals surface area contributed by atoms with Crippen molar-refractivity contribution >= 4 is 50.9 Å². The summed E-state index contributed by atoms with van der Waals surface area (Å²) in [5, 5.41) is 1.87. The summed E-state index contributed by atoms with van der Waals surface area (Å²) in [6, 6.07) is 12.4. The van der Waals surface area contributed by atoms with Crippen LogP contribution in [0, 0.1) is 5.82 Å². The first kappa shape index (κ1) is 20.5. The van der Waals surface area contributed by atoms with Gasteiger partial charge >= 0.3 is 0 Å². The van der Waals surface area contributed by atoms with Gasteiger partial charge in [0.05, 0.1) is 22.2 Å². The molecule has 160 valence electrons. The molecule has 0 saturated carbocycles. The van der Waals surface area contributed by atoms with Gasteiger partial charge in [-0.1, -0.05) is 41.4 Å². The summed E-state index contributed by atoms with van der Waals surface area (Å²) in [4.78, 5) is 8.71. The van der Waals surface area contributed by atoms with E-state index < -0.39 is 11.9 Å². The standard InChI is InChI=1S/C24H16Cl2FN3O2/c1-12(20-17(25)6-7-18(27)21(20)26)32-23-22-15(10-30-24(23)28)16(11-31-22)13-8-9-29-19-5-3-2-4-14(13)19/h2-12H,1H3,(H2,28,30). The lowest BCUT2D eigenvalue weighted by Crippen LogP contribution is -2.08. The lowest BCUT2D eigenvalue weighted by atomic mass is 10.0. The maximum atomic E-state index is 14.0. The summed E-state index contributed by atoms with van der Waals surface area (Å²) in [5.41, 5.74) is 9.48. The number of nitrogens with zero attached hydrogens (tertiary/aromatic N) is 2. The van der Waals surface area contributed by atoms with Crippen molar-refractivity contribution in [1.82, 2.24) is 9.97 Å². The maximum absolute atomic E-state index is 14.0. The lowest BCUT2D eigenvalue weighted by molar-refractivity contribution is 0.227. The molecule has 0 aliphatic heterocycles. The minimum atomic E-state index is -0.712. The molecule has 0 bridgehead atoms. The summed E-state index contributed by atoms with van der Waals surface area (Å²) in [6.45, 7) is 1.70. The molecule has 2 aromatic carbocycles. The van der Waals surface area contributed by atoms with Crippen LogP contribution in [0.3, 0.4) is 0 Å². The molecular weight excluding hydrogens is 452 g/mol. The van der Waals surface area contributed by atoms with E-state index in [2.05, 4.69) is 9.97 Å². The predicted octanol–water partition coefficient (Wildman–Crippen LogP) is 7.21. The Morgan fingerprint density at radius 2 is 1.84 bits per heavy atom. The number of nitrogen functional groups attached to an aromatic ring is 1. The van der Waals surface area contributed by atoms with Crippen LogP contribution in [-0.2, 0) is 0 Å². The van der Waals surface area contributed by atoms with Crippen LogP contribution in [0.1, 0.15) is 18.6 Å². The van der Waals surface area contributed by atoms with Gasteiger partial charge in [-0.3, -0.25) is 4.98 Å². The topological polar surface area (TPSA) is 74.2 Å². The van der Waals surface area contributed by atoms with Gasteiger partial charge in [-0.25, -0.2) is 9.37 Å². The Balaban J connectivity index is 1.63. The molecule has 5 rings (SSSR count). The van der Waals surface area contributed by atoms with E-state index in [1.807, 2.05) is 30.3 Å². The summed E-state index contributed by atoms with van der Waals surface area (Å²) in [5.74, 6) is -0.222. The number of fused-ring (bicyclic) bond motifs is 2. The number of rotatable bonds is 4. The molecule has 0 saturated heterocycles. The number of hydrogen-bond acceptors (Lipinski definition) is 5. The number of halogens is 3. The largest absolute Gasteiger partial charge is 0.478 e. The van der Waals surface area contributed by atoms with E-state index in [-0.39, 0.29) is 21.6 Å². The lowest BCUT2D eigenvalue weighted by Gasteiger charge is -2.18. The minimum absolute atomic E-state index is 0.105. The first-order valence-electron chi connectivity index (χ1n) is 9.75. The Hall–Kier alpha value is -3.35. The molecule has 5 aromatic rings. The van der Waals surface area contributed by atoms with E-state index in [1.165, 1.54) is 12.1 Å². The first-order chi connectivity index (χ1) is 15.5. The van der Waals surface area contributed by atoms with Crippen molar-refractivity contribution < 1.29 is 13.5 Å². The van der Waals surface area contributed by atoms with Gasteiger partial charge in [-0.2, -0.15) is 0 Å². The Labute approximate surface area is 192 Å². The van der Waals surface area contributed by atoms with Crippen molar-refractivity contribution in [1.29, 1.82) is 0 Å². The molecular formula is C24H16Cl2FN3O2. The van der Waals surface area contributed by atoms with Crippen molar-refractivity contribution in [3.63, 3.8) is 0 Å². The predicted molar refractivity (Wildman–Crippen MR) is 125 cm³/mol. The zero-order valence-corrected chi connectivity index (χ0v) is 18.3. The van der Waals surface area contributed by atoms with Gasteiger partial charge in [-0.15, -0.1) is 0 Å². The highest BCUT2D eigenvalue weighted by Gasteiger charge is 2.23. The SMILES string of the molecule is CC(Oc1c(N)ncc2c(-c3ccnc4ccccc34)coc12)c1c(Cl)ccc(F)c1Cl. The normalized spacial score (nSPS) is 12.4.